The van der Waals surface area contributed by atoms with Gasteiger partial charge in [-0.15, -0.1) is 24.0 Å². The SMILES string of the molecule is CCN(Cc1ccccc1)C(=O)CNC(=NC)NCc1cccc(Cl)c1.I. The normalized spacial score (nSPS) is 10.7. The second-order valence-electron chi connectivity index (χ2n) is 5.80. The first-order chi connectivity index (χ1) is 12.6. The molecule has 146 valence electrons. The Morgan fingerprint density at radius 2 is 1.78 bits per heavy atom. The van der Waals surface area contributed by atoms with Crippen LogP contribution < -0.4 is 10.6 Å². The minimum atomic E-state index is 0. The van der Waals surface area contributed by atoms with Crippen LogP contribution in [0.4, 0.5) is 0 Å². The summed E-state index contributed by atoms with van der Waals surface area (Å²) in [5.74, 6) is 0.608. The zero-order valence-corrected chi connectivity index (χ0v) is 18.7. The van der Waals surface area contributed by atoms with Crippen LogP contribution in [0.15, 0.2) is 59.6 Å². The molecule has 0 bridgehead atoms. The number of nitrogens with zero attached hydrogens (tertiary/aromatic N) is 2. The molecule has 0 atom stereocenters. The second-order valence-corrected chi connectivity index (χ2v) is 6.24. The molecular weight excluding hydrogens is 475 g/mol. The van der Waals surface area contributed by atoms with Crippen molar-refractivity contribution < 1.29 is 4.79 Å². The molecular formula is C20H26ClIN4O. The van der Waals surface area contributed by atoms with Crippen LogP contribution in [-0.2, 0) is 17.9 Å². The molecule has 2 rings (SSSR count). The van der Waals surface area contributed by atoms with Gasteiger partial charge in [-0.3, -0.25) is 9.79 Å². The van der Waals surface area contributed by atoms with Crippen molar-refractivity contribution in [2.75, 3.05) is 20.1 Å². The van der Waals surface area contributed by atoms with Gasteiger partial charge in [0.2, 0.25) is 5.91 Å². The van der Waals surface area contributed by atoms with Crippen LogP contribution in [0, 0.1) is 0 Å². The van der Waals surface area contributed by atoms with E-state index in [4.69, 9.17) is 11.6 Å². The summed E-state index contributed by atoms with van der Waals surface area (Å²) in [5.41, 5.74) is 2.16. The van der Waals surface area contributed by atoms with E-state index in [0.717, 1.165) is 11.1 Å². The van der Waals surface area contributed by atoms with Crippen molar-refractivity contribution >= 4 is 47.4 Å². The van der Waals surface area contributed by atoms with Gasteiger partial charge in [0, 0.05) is 31.7 Å². The molecule has 0 saturated heterocycles. The van der Waals surface area contributed by atoms with Crippen molar-refractivity contribution in [3.63, 3.8) is 0 Å². The van der Waals surface area contributed by atoms with Gasteiger partial charge in [-0.25, -0.2) is 0 Å². The van der Waals surface area contributed by atoms with Crippen molar-refractivity contribution in [1.29, 1.82) is 0 Å². The van der Waals surface area contributed by atoms with Gasteiger partial charge in [0.1, 0.15) is 0 Å². The lowest BCUT2D eigenvalue weighted by atomic mass is 10.2. The summed E-state index contributed by atoms with van der Waals surface area (Å²) in [5, 5.41) is 6.95. The molecule has 2 aromatic rings. The predicted octanol–water partition coefficient (Wildman–Crippen LogP) is 3.67. The summed E-state index contributed by atoms with van der Waals surface area (Å²) < 4.78 is 0. The van der Waals surface area contributed by atoms with Crippen molar-refractivity contribution in [2.45, 2.75) is 20.0 Å². The van der Waals surface area contributed by atoms with E-state index in [1.807, 2.05) is 66.4 Å². The molecule has 0 fully saturated rings. The molecule has 0 spiro atoms. The number of likely N-dealkylation sites (N-methyl/N-ethyl adjacent to an activating group) is 1. The lowest BCUT2D eigenvalue weighted by molar-refractivity contribution is -0.130. The number of rotatable bonds is 7. The fourth-order valence-corrected chi connectivity index (χ4v) is 2.72. The first-order valence-electron chi connectivity index (χ1n) is 8.63. The molecule has 27 heavy (non-hydrogen) atoms. The van der Waals surface area contributed by atoms with E-state index in [1.165, 1.54) is 0 Å². The number of nitrogens with one attached hydrogen (secondary N) is 2. The fourth-order valence-electron chi connectivity index (χ4n) is 2.50. The number of halogens is 2. The quantitative estimate of drug-likeness (QED) is 0.346. The van der Waals surface area contributed by atoms with Crippen LogP contribution in [-0.4, -0.2) is 36.9 Å². The third-order valence-electron chi connectivity index (χ3n) is 3.93. The van der Waals surface area contributed by atoms with Crippen LogP contribution >= 0.6 is 35.6 Å². The van der Waals surface area contributed by atoms with E-state index >= 15 is 0 Å². The Labute approximate surface area is 183 Å². The van der Waals surface area contributed by atoms with Crippen molar-refractivity contribution in [2.24, 2.45) is 4.99 Å². The highest BCUT2D eigenvalue weighted by Gasteiger charge is 2.12. The fraction of sp³-hybridized carbons (Fsp3) is 0.300. The van der Waals surface area contributed by atoms with Crippen LogP contribution in [0.5, 0.6) is 0 Å². The molecule has 0 aromatic heterocycles. The van der Waals surface area contributed by atoms with E-state index in [9.17, 15) is 4.79 Å². The van der Waals surface area contributed by atoms with Crippen molar-refractivity contribution in [3.8, 4) is 0 Å². The van der Waals surface area contributed by atoms with E-state index in [-0.39, 0.29) is 36.4 Å². The molecule has 2 N–H and O–H groups in total. The van der Waals surface area contributed by atoms with Gasteiger partial charge in [0.15, 0.2) is 5.96 Å². The molecule has 0 unspecified atom stereocenters. The first-order valence-corrected chi connectivity index (χ1v) is 9.00. The second kappa shape index (κ2) is 12.6. The number of carbonyl (C=O) groups is 1. The average molecular weight is 501 g/mol. The zero-order valence-electron chi connectivity index (χ0n) is 15.6. The summed E-state index contributed by atoms with van der Waals surface area (Å²) in [6.07, 6.45) is 0. The Balaban J connectivity index is 0.00000364. The van der Waals surface area contributed by atoms with Gasteiger partial charge in [-0.05, 0) is 30.2 Å². The Kier molecular flexibility index (Phi) is 10.8. The highest BCUT2D eigenvalue weighted by molar-refractivity contribution is 14.0. The first kappa shape index (κ1) is 23.2. The summed E-state index contributed by atoms with van der Waals surface area (Å²) in [6.45, 7) is 4.01. The molecule has 7 heteroatoms. The summed E-state index contributed by atoms with van der Waals surface area (Å²) >= 11 is 5.99. The molecule has 0 heterocycles. The number of hydrogen-bond acceptors (Lipinski definition) is 2. The van der Waals surface area contributed by atoms with E-state index in [2.05, 4.69) is 15.6 Å². The Bertz CT molecular complexity index is 740. The number of amides is 1. The van der Waals surface area contributed by atoms with Gasteiger partial charge in [0.25, 0.3) is 0 Å². The third-order valence-corrected chi connectivity index (χ3v) is 4.17. The number of aliphatic imine (C=N–C) groups is 1. The molecule has 0 aliphatic heterocycles. The molecule has 1 amide bonds. The molecule has 0 radical (unpaired) electrons. The maximum atomic E-state index is 12.5. The Morgan fingerprint density at radius 3 is 2.41 bits per heavy atom. The van der Waals surface area contributed by atoms with Gasteiger partial charge < -0.3 is 15.5 Å². The van der Waals surface area contributed by atoms with Crippen molar-refractivity contribution in [1.82, 2.24) is 15.5 Å². The van der Waals surface area contributed by atoms with Gasteiger partial charge in [-0.2, -0.15) is 0 Å². The maximum absolute atomic E-state index is 12.5. The minimum Gasteiger partial charge on any atom is -0.352 e. The summed E-state index contributed by atoms with van der Waals surface area (Å²) in [4.78, 5) is 18.5. The Morgan fingerprint density at radius 1 is 1.07 bits per heavy atom. The van der Waals surface area contributed by atoms with Crippen molar-refractivity contribution in [3.05, 3.63) is 70.7 Å². The van der Waals surface area contributed by atoms with Crippen LogP contribution in [0.2, 0.25) is 5.02 Å². The predicted molar refractivity (Wildman–Crippen MR) is 123 cm³/mol. The molecule has 0 aliphatic carbocycles. The molecule has 5 nitrogen and oxygen atoms in total. The van der Waals surface area contributed by atoms with Crippen LogP contribution in [0.3, 0.4) is 0 Å². The highest BCUT2D eigenvalue weighted by atomic mass is 127. The molecule has 0 saturated carbocycles. The topological polar surface area (TPSA) is 56.7 Å². The summed E-state index contributed by atoms with van der Waals surface area (Å²) in [6, 6.07) is 17.6. The van der Waals surface area contributed by atoms with Crippen LogP contribution in [0.1, 0.15) is 18.1 Å². The smallest absolute Gasteiger partial charge is 0.242 e. The lowest BCUT2D eigenvalue weighted by Crippen LogP contribution is -2.44. The van der Waals surface area contributed by atoms with E-state index < -0.39 is 0 Å². The monoisotopic (exact) mass is 500 g/mol. The minimum absolute atomic E-state index is 0. The largest absolute Gasteiger partial charge is 0.352 e. The highest BCUT2D eigenvalue weighted by Crippen LogP contribution is 2.10. The molecule has 2 aromatic carbocycles. The van der Waals surface area contributed by atoms with Gasteiger partial charge in [-0.1, -0.05) is 54.1 Å². The standard InChI is InChI=1S/C20H25ClN4O.HI/c1-3-25(15-16-8-5-4-6-9-16)19(26)14-24-20(22-2)23-13-17-10-7-11-18(21)12-17;/h4-12H,3,13-15H2,1-2H3,(H2,22,23,24);1H. The zero-order chi connectivity index (χ0) is 18.8. The van der Waals surface area contributed by atoms with E-state index in [0.29, 0.717) is 30.6 Å². The van der Waals surface area contributed by atoms with Crippen LogP contribution in [0.25, 0.3) is 0 Å². The van der Waals surface area contributed by atoms with E-state index in [1.54, 1.807) is 7.05 Å². The number of hydrogen-bond donors (Lipinski definition) is 2. The van der Waals surface area contributed by atoms with Gasteiger partial charge >= 0.3 is 0 Å². The molecule has 0 aliphatic rings. The number of carbonyl (C=O) groups excluding carboxylic acids is 1. The number of guanidine groups is 1. The Hall–Kier alpha value is -1.80. The summed E-state index contributed by atoms with van der Waals surface area (Å²) in [7, 11) is 1.68. The maximum Gasteiger partial charge on any atom is 0.242 e. The third kappa shape index (κ3) is 8.17. The lowest BCUT2D eigenvalue weighted by Gasteiger charge is -2.22. The number of benzene rings is 2. The average Bonchev–Trinajstić information content (AvgIpc) is 2.67. The van der Waals surface area contributed by atoms with Gasteiger partial charge in [0.05, 0.1) is 6.54 Å².